The van der Waals surface area contributed by atoms with Gasteiger partial charge in [0.25, 0.3) is 0 Å². The van der Waals surface area contributed by atoms with E-state index in [4.69, 9.17) is 10.5 Å². The van der Waals surface area contributed by atoms with Crippen LogP contribution in [-0.2, 0) is 16.1 Å². The first-order valence-corrected chi connectivity index (χ1v) is 5.94. The standard InChI is InChI=1S/C11H20N6O2/c1-5-19-9(18)7-17(4)6-8-13-10(12)15-11(14-8)16(2)3/h5-7H2,1-4H3,(H2,12,13,14,15). The van der Waals surface area contributed by atoms with Crippen LogP contribution in [0, 0.1) is 0 Å². The van der Waals surface area contributed by atoms with E-state index >= 15 is 0 Å². The first kappa shape index (κ1) is 15.1. The lowest BCUT2D eigenvalue weighted by Crippen LogP contribution is -2.28. The number of nitrogens with two attached hydrogens (primary N) is 1. The molecule has 0 aromatic carbocycles. The minimum atomic E-state index is -0.278. The van der Waals surface area contributed by atoms with E-state index in [1.165, 1.54) is 0 Å². The number of esters is 1. The van der Waals surface area contributed by atoms with Crippen LogP contribution in [0.15, 0.2) is 0 Å². The Morgan fingerprint density at radius 2 is 1.95 bits per heavy atom. The Balaban J connectivity index is 2.68. The summed E-state index contributed by atoms with van der Waals surface area (Å²) in [6, 6.07) is 0. The number of aromatic nitrogens is 3. The molecule has 0 radical (unpaired) electrons. The van der Waals surface area contributed by atoms with Crippen molar-refractivity contribution in [1.82, 2.24) is 19.9 Å². The number of hydrogen-bond donors (Lipinski definition) is 1. The first-order chi connectivity index (χ1) is 8.92. The van der Waals surface area contributed by atoms with E-state index < -0.39 is 0 Å². The fraction of sp³-hybridized carbons (Fsp3) is 0.636. The number of ether oxygens (including phenoxy) is 1. The van der Waals surface area contributed by atoms with E-state index in [-0.39, 0.29) is 18.5 Å². The molecular weight excluding hydrogens is 248 g/mol. The summed E-state index contributed by atoms with van der Waals surface area (Å²) in [7, 11) is 5.42. The molecule has 0 spiro atoms. The SMILES string of the molecule is CCOC(=O)CN(C)Cc1nc(N)nc(N(C)C)n1. The molecule has 8 nitrogen and oxygen atoms in total. The second kappa shape index (κ2) is 6.83. The van der Waals surface area contributed by atoms with E-state index in [1.807, 2.05) is 14.1 Å². The molecule has 1 aromatic rings. The van der Waals surface area contributed by atoms with Crippen molar-refractivity contribution in [3.05, 3.63) is 5.82 Å². The normalized spacial score (nSPS) is 10.6. The Kier molecular flexibility index (Phi) is 5.43. The van der Waals surface area contributed by atoms with Crippen LogP contribution in [0.2, 0.25) is 0 Å². The number of nitrogen functional groups attached to an aromatic ring is 1. The molecule has 0 fully saturated rings. The third-order valence-corrected chi connectivity index (χ3v) is 2.20. The van der Waals surface area contributed by atoms with E-state index in [2.05, 4.69) is 15.0 Å². The molecule has 2 N–H and O–H groups in total. The van der Waals surface area contributed by atoms with Crippen molar-refractivity contribution < 1.29 is 9.53 Å². The second-order valence-corrected chi connectivity index (χ2v) is 4.28. The molecule has 1 aromatic heterocycles. The summed E-state index contributed by atoms with van der Waals surface area (Å²) in [5, 5.41) is 0. The van der Waals surface area contributed by atoms with Crippen LogP contribution in [0.4, 0.5) is 11.9 Å². The van der Waals surface area contributed by atoms with E-state index in [9.17, 15) is 4.79 Å². The minimum absolute atomic E-state index is 0.165. The number of likely N-dealkylation sites (N-methyl/N-ethyl adjacent to an activating group) is 1. The highest BCUT2D eigenvalue weighted by atomic mass is 16.5. The van der Waals surface area contributed by atoms with Gasteiger partial charge in [-0.3, -0.25) is 9.69 Å². The molecule has 0 atom stereocenters. The van der Waals surface area contributed by atoms with E-state index in [0.29, 0.717) is 24.9 Å². The van der Waals surface area contributed by atoms with Gasteiger partial charge in [-0.25, -0.2) is 0 Å². The van der Waals surface area contributed by atoms with Crippen molar-refractivity contribution in [2.24, 2.45) is 0 Å². The highest BCUT2D eigenvalue weighted by molar-refractivity contribution is 5.71. The first-order valence-electron chi connectivity index (χ1n) is 5.94. The summed E-state index contributed by atoms with van der Waals surface area (Å²) >= 11 is 0. The van der Waals surface area contributed by atoms with Crippen LogP contribution in [0.5, 0.6) is 0 Å². The largest absolute Gasteiger partial charge is 0.465 e. The molecule has 0 unspecified atom stereocenters. The van der Waals surface area contributed by atoms with Gasteiger partial charge in [-0.15, -0.1) is 0 Å². The van der Waals surface area contributed by atoms with Crippen molar-refractivity contribution in [3.63, 3.8) is 0 Å². The summed E-state index contributed by atoms with van der Waals surface area (Å²) in [4.78, 5) is 27.1. The predicted molar refractivity (Wildman–Crippen MR) is 71.5 cm³/mol. The van der Waals surface area contributed by atoms with Crippen molar-refractivity contribution in [3.8, 4) is 0 Å². The summed E-state index contributed by atoms with van der Waals surface area (Å²) in [5.41, 5.74) is 5.62. The van der Waals surface area contributed by atoms with Crippen molar-refractivity contribution >= 4 is 17.9 Å². The van der Waals surface area contributed by atoms with Gasteiger partial charge in [0.2, 0.25) is 11.9 Å². The third kappa shape index (κ3) is 5.04. The fourth-order valence-electron chi connectivity index (χ4n) is 1.42. The van der Waals surface area contributed by atoms with Crippen molar-refractivity contribution in [1.29, 1.82) is 0 Å². The average molecular weight is 268 g/mol. The van der Waals surface area contributed by atoms with Gasteiger partial charge in [-0.05, 0) is 14.0 Å². The number of carbonyl (C=O) groups excluding carboxylic acids is 1. The molecule has 0 amide bonds. The lowest BCUT2D eigenvalue weighted by molar-refractivity contribution is -0.144. The zero-order chi connectivity index (χ0) is 14.4. The Morgan fingerprint density at radius 1 is 1.26 bits per heavy atom. The number of anilines is 2. The molecule has 8 heteroatoms. The van der Waals surface area contributed by atoms with Gasteiger partial charge < -0.3 is 15.4 Å². The molecule has 0 aliphatic rings. The molecule has 0 bridgehead atoms. The highest BCUT2D eigenvalue weighted by Crippen LogP contribution is 2.07. The predicted octanol–water partition coefficient (Wildman–Crippen LogP) is -0.485. The van der Waals surface area contributed by atoms with Crippen molar-refractivity contribution in [2.75, 3.05) is 44.9 Å². The van der Waals surface area contributed by atoms with Gasteiger partial charge in [0.05, 0.1) is 19.7 Å². The maximum atomic E-state index is 11.3. The van der Waals surface area contributed by atoms with Gasteiger partial charge in [0.1, 0.15) is 5.82 Å². The Morgan fingerprint density at radius 3 is 2.53 bits per heavy atom. The van der Waals surface area contributed by atoms with Crippen molar-refractivity contribution in [2.45, 2.75) is 13.5 Å². The maximum absolute atomic E-state index is 11.3. The molecule has 0 saturated heterocycles. The van der Waals surface area contributed by atoms with E-state index in [0.717, 1.165) is 0 Å². The molecule has 19 heavy (non-hydrogen) atoms. The number of rotatable bonds is 6. The Bertz CT molecular complexity index is 437. The van der Waals surface area contributed by atoms with E-state index in [1.54, 1.807) is 23.8 Å². The minimum Gasteiger partial charge on any atom is -0.465 e. The van der Waals surface area contributed by atoms with Crippen LogP contribution in [0.3, 0.4) is 0 Å². The molecular formula is C11H20N6O2. The molecule has 0 aliphatic carbocycles. The smallest absolute Gasteiger partial charge is 0.320 e. The van der Waals surface area contributed by atoms with Crippen LogP contribution in [0.1, 0.15) is 12.7 Å². The average Bonchev–Trinajstić information content (AvgIpc) is 2.27. The lowest BCUT2D eigenvalue weighted by Gasteiger charge is -2.16. The van der Waals surface area contributed by atoms with Crippen LogP contribution in [-0.4, -0.2) is 60.1 Å². The van der Waals surface area contributed by atoms with Gasteiger partial charge >= 0.3 is 5.97 Å². The van der Waals surface area contributed by atoms with Crippen LogP contribution < -0.4 is 10.6 Å². The quantitative estimate of drug-likeness (QED) is 0.690. The number of nitrogens with zero attached hydrogens (tertiary/aromatic N) is 5. The lowest BCUT2D eigenvalue weighted by atomic mass is 10.5. The number of hydrogen-bond acceptors (Lipinski definition) is 8. The van der Waals surface area contributed by atoms with Gasteiger partial charge in [0.15, 0.2) is 0 Å². The topological polar surface area (TPSA) is 97.5 Å². The fourth-order valence-corrected chi connectivity index (χ4v) is 1.42. The summed E-state index contributed by atoms with van der Waals surface area (Å²) in [6.07, 6.45) is 0. The Hall–Kier alpha value is -1.96. The summed E-state index contributed by atoms with van der Waals surface area (Å²) in [5.74, 6) is 0.896. The zero-order valence-electron chi connectivity index (χ0n) is 11.8. The van der Waals surface area contributed by atoms with Crippen LogP contribution >= 0.6 is 0 Å². The number of carbonyl (C=O) groups is 1. The van der Waals surface area contributed by atoms with Gasteiger partial charge in [0, 0.05) is 14.1 Å². The summed E-state index contributed by atoms with van der Waals surface area (Å²) < 4.78 is 4.87. The zero-order valence-corrected chi connectivity index (χ0v) is 11.8. The van der Waals surface area contributed by atoms with Crippen LogP contribution in [0.25, 0.3) is 0 Å². The van der Waals surface area contributed by atoms with Gasteiger partial charge in [-0.2, -0.15) is 15.0 Å². The molecule has 1 rings (SSSR count). The monoisotopic (exact) mass is 268 g/mol. The second-order valence-electron chi connectivity index (χ2n) is 4.28. The molecule has 0 aliphatic heterocycles. The molecule has 0 saturated carbocycles. The third-order valence-electron chi connectivity index (χ3n) is 2.20. The summed E-state index contributed by atoms with van der Waals surface area (Å²) in [6.45, 7) is 2.72. The Labute approximate surface area is 112 Å². The molecule has 1 heterocycles. The highest BCUT2D eigenvalue weighted by Gasteiger charge is 2.11. The molecule has 106 valence electrons. The maximum Gasteiger partial charge on any atom is 0.320 e. The van der Waals surface area contributed by atoms with Gasteiger partial charge in [-0.1, -0.05) is 0 Å².